The Bertz CT molecular complexity index is 1040. The van der Waals surface area contributed by atoms with Crippen LogP contribution in [0.3, 0.4) is 0 Å². The van der Waals surface area contributed by atoms with E-state index in [0.29, 0.717) is 12.1 Å². The second kappa shape index (κ2) is 14.2. The number of aliphatic carboxylic acids is 2. The molecular weight excluding hydrogens is 502 g/mol. The van der Waals surface area contributed by atoms with Crippen LogP contribution in [0.1, 0.15) is 60.8 Å². The van der Waals surface area contributed by atoms with E-state index in [9.17, 15) is 14.4 Å². The van der Waals surface area contributed by atoms with E-state index in [2.05, 4.69) is 42.5 Å². The van der Waals surface area contributed by atoms with E-state index < -0.39 is 11.9 Å². The minimum atomic E-state index is -1.08. The first kappa shape index (κ1) is 29.6. The van der Waals surface area contributed by atoms with Gasteiger partial charge in [0.1, 0.15) is 0 Å². The van der Waals surface area contributed by atoms with Crippen molar-refractivity contribution >= 4 is 41.2 Å². The van der Waals surface area contributed by atoms with E-state index in [1.807, 2.05) is 18.2 Å². The molecule has 10 heteroatoms. The summed E-state index contributed by atoms with van der Waals surface area (Å²) < 4.78 is 0. The zero-order valence-electron chi connectivity index (χ0n) is 20.9. The summed E-state index contributed by atoms with van der Waals surface area (Å²) in [5, 5.41) is 23.0. The lowest BCUT2D eigenvalue weighted by molar-refractivity contribution is -0.143. The van der Waals surface area contributed by atoms with Crippen molar-refractivity contribution < 1.29 is 24.6 Å². The lowest BCUT2D eigenvalue weighted by Crippen LogP contribution is -2.32. The number of hydrogen-bond acceptors (Lipinski definition) is 6. The summed E-state index contributed by atoms with van der Waals surface area (Å²) in [7, 11) is 0. The van der Waals surface area contributed by atoms with E-state index in [-0.39, 0.29) is 24.2 Å². The Kier molecular flexibility index (Phi) is 11.7. The number of nitrogens with zero attached hydrogens (tertiary/aromatic N) is 1. The zero-order chi connectivity index (χ0) is 26.7. The van der Waals surface area contributed by atoms with Crippen molar-refractivity contribution in [3.05, 3.63) is 57.9 Å². The summed E-state index contributed by atoms with van der Waals surface area (Å²) in [6.45, 7) is 8.92. The van der Waals surface area contributed by atoms with Gasteiger partial charge in [-0.05, 0) is 60.7 Å². The van der Waals surface area contributed by atoms with Crippen LogP contribution in [0.5, 0.6) is 0 Å². The number of nitrogens with one attached hydrogen (secondary N) is 2. The molecule has 0 saturated carbocycles. The topological polar surface area (TPSA) is 129 Å². The minimum Gasteiger partial charge on any atom is -0.481 e. The molecular formula is C26H34ClN3O5S. The van der Waals surface area contributed by atoms with E-state index in [1.54, 1.807) is 18.0 Å². The van der Waals surface area contributed by atoms with E-state index >= 15 is 0 Å². The fourth-order valence-corrected chi connectivity index (χ4v) is 4.73. The van der Waals surface area contributed by atoms with E-state index in [4.69, 9.17) is 21.8 Å². The molecule has 1 aliphatic rings. The van der Waals surface area contributed by atoms with Crippen molar-refractivity contribution in [3.63, 3.8) is 0 Å². The van der Waals surface area contributed by atoms with Gasteiger partial charge < -0.3 is 20.8 Å². The van der Waals surface area contributed by atoms with Crippen LogP contribution in [-0.2, 0) is 28.2 Å². The van der Waals surface area contributed by atoms with Gasteiger partial charge in [0.15, 0.2) is 0 Å². The number of amides is 1. The number of carbonyl (C=O) groups is 3. The Morgan fingerprint density at radius 2 is 1.72 bits per heavy atom. The normalized spacial score (nSPS) is 13.0. The Labute approximate surface area is 221 Å². The molecule has 196 valence electrons. The van der Waals surface area contributed by atoms with Crippen molar-refractivity contribution in [2.24, 2.45) is 5.41 Å². The van der Waals surface area contributed by atoms with Crippen molar-refractivity contribution in [1.82, 2.24) is 15.6 Å². The number of fused-ring (bicyclic) bond motifs is 1. The quantitative estimate of drug-likeness (QED) is 0.365. The molecule has 0 bridgehead atoms. The summed E-state index contributed by atoms with van der Waals surface area (Å²) in [5.41, 5.74) is 4.34. The molecule has 1 aromatic heterocycles. The van der Waals surface area contributed by atoms with Crippen LogP contribution in [0.2, 0.25) is 5.02 Å². The van der Waals surface area contributed by atoms with E-state index in [1.165, 1.54) is 11.1 Å². The molecule has 0 saturated heterocycles. The molecule has 0 unspecified atom stereocenters. The number of halogens is 1. The minimum absolute atomic E-state index is 0.0577. The van der Waals surface area contributed by atoms with Gasteiger partial charge in [-0.2, -0.15) is 0 Å². The smallest absolute Gasteiger partial charge is 0.303 e. The molecule has 2 heterocycles. The first-order valence-corrected chi connectivity index (χ1v) is 13.1. The largest absolute Gasteiger partial charge is 0.481 e. The maximum atomic E-state index is 12.2. The summed E-state index contributed by atoms with van der Waals surface area (Å²) >= 11 is 8.23. The second-order valence-electron chi connectivity index (χ2n) is 9.62. The average molecular weight is 536 g/mol. The van der Waals surface area contributed by atoms with Gasteiger partial charge in [-0.25, -0.2) is 0 Å². The molecule has 36 heavy (non-hydrogen) atoms. The predicted molar refractivity (Wildman–Crippen MR) is 142 cm³/mol. The number of thioether (sulfide) groups is 1. The summed E-state index contributed by atoms with van der Waals surface area (Å²) in [4.78, 5) is 37.2. The standard InChI is InChI=1S/C22H28ClN3OS.C4H6O4/c1-22(2,3)14-26-21(27)16-4-6-17(25-12-16)13-28-20-18-9-11-24-10-8-15(18)5-7-19(20)23;5-3(6)1-2-4(7)8/h4-7,12,24H,8-11,13-14H2,1-3H3,(H,26,27);1-2H2,(H,5,6)(H,7,8). The fourth-order valence-electron chi connectivity index (χ4n) is 3.32. The third kappa shape index (κ3) is 10.6. The van der Waals surface area contributed by atoms with Crippen molar-refractivity contribution in [2.45, 2.75) is 57.1 Å². The summed E-state index contributed by atoms with van der Waals surface area (Å²) in [6.07, 6.45) is 3.10. The second-order valence-corrected chi connectivity index (χ2v) is 11.0. The maximum Gasteiger partial charge on any atom is 0.303 e. The van der Waals surface area contributed by atoms with Crippen LogP contribution < -0.4 is 10.6 Å². The Morgan fingerprint density at radius 3 is 2.31 bits per heavy atom. The SMILES string of the molecule is CC(C)(C)CNC(=O)c1ccc(CSc2c(Cl)ccc3c2CCNCC3)nc1.O=C(O)CCC(=O)O. The van der Waals surface area contributed by atoms with Crippen molar-refractivity contribution in [1.29, 1.82) is 0 Å². The molecule has 3 rings (SSSR count). The molecule has 0 aliphatic carbocycles. The van der Waals surface area contributed by atoms with Crippen LogP contribution in [-0.4, -0.2) is 52.7 Å². The molecule has 1 aliphatic heterocycles. The van der Waals surface area contributed by atoms with Crippen LogP contribution in [0.4, 0.5) is 0 Å². The Balaban J connectivity index is 0.000000493. The monoisotopic (exact) mass is 535 g/mol. The van der Waals surface area contributed by atoms with Gasteiger partial charge >= 0.3 is 11.9 Å². The number of aromatic nitrogens is 1. The van der Waals surface area contributed by atoms with Gasteiger partial charge in [0, 0.05) is 23.4 Å². The van der Waals surface area contributed by atoms with Gasteiger partial charge in [-0.15, -0.1) is 11.8 Å². The molecule has 0 fully saturated rings. The number of benzene rings is 1. The first-order valence-electron chi connectivity index (χ1n) is 11.8. The van der Waals surface area contributed by atoms with Gasteiger partial charge in [-0.1, -0.05) is 38.4 Å². The molecule has 1 aromatic carbocycles. The van der Waals surface area contributed by atoms with Crippen molar-refractivity contribution in [2.75, 3.05) is 19.6 Å². The van der Waals surface area contributed by atoms with Gasteiger partial charge in [0.25, 0.3) is 5.91 Å². The highest BCUT2D eigenvalue weighted by molar-refractivity contribution is 7.98. The van der Waals surface area contributed by atoms with Crippen LogP contribution in [0.25, 0.3) is 0 Å². The number of carboxylic acid groups (broad SMARTS) is 2. The number of carbonyl (C=O) groups excluding carboxylic acids is 1. The average Bonchev–Trinajstić information content (AvgIpc) is 3.06. The van der Waals surface area contributed by atoms with E-state index in [0.717, 1.165) is 47.3 Å². The van der Waals surface area contributed by atoms with Crippen LogP contribution in [0, 0.1) is 5.41 Å². The predicted octanol–water partition coefficient (Wildman–Crippen LogP) is 4.43. The Hall–Kier alpha value is -2.62. The molecule has 0 radical (unpaired) electrons. The molecule has 0 atom stereocenters. The summed E-state index contributed by atoms with van der Waals surface area (Å²) in [5.74, 6) is -1.50. The van der Waals surface area contributed by atoms with Gasteiger partial charge in [0.2, 0.25) is 0 Å². The number of rotatable bonds is 8. The highest BCUT2D eigenvalue weighted by Gasteiger charge is 2.16. The van der Waals surface area contributed by atoms with Gasteiger partial charge in [0.05, 0.1) is 29.1 Å². The maximum absolute atomic E-state index is 12.2. The molecule has 8 nitrogen and oxygen atoms in total. The fraction of sp³-hybridized carbons (Fsp3) is 0.462. The van der Waals surface area contributed by atoms with Crippen LogP contribution >= 0.6 is 23.4 Å². The number of carboxylic acids is 2. The van der Waals surface area contributed by atoms with Gasteiger partial charge in [-0.3, -0.25) is 19.4 Å². The highest BCUT2D eigenvalue weighted by Crippen LogP contribution is 2.35. The lowest BCUT2D eigenvalue weighted by Gasteiger charge is -2.18. The first-order chi connectivity index (χ1) is 17.0. The number of hydrogen-bond donors (Lipinski definition) is 4. The number of pyridine rings is 1. The zero-order valence-corrected chi connectivity index (χ0v) is 22.5. The highest BCUT2D eigenvalue weighted by atomic mass is 35.5. The van der Waals surface area contributed by atoms with Crippen molar-refractivity contribution in [3.8, 4) is 0 Å². The molecule has 0 spiro atoms. The molecule has 4 N–H and O–H groups in total. The third-order valence-electron chi connectivity index (χ3n) is 5.22. The third-order valence-corrected chi connectivity index (χ3v) is 6.84. The van der Waals surface area contributed by atoms with Crippen LogP contribution in [0.15, 0.2) is 35.4 Å². The Morgan fingerprint density at radius 1 is 1.06 bits per heavy atom. The lowest BCUT2D eigenvalue weighted by atomic mass is 9.97. The molecule has 2 aromatic rings. The summed E-state index contributed by atoms with van der Waals surface area (Å²) in [6, 6.07) is 7.93. The molecule has 1 amide bonds.